The van der Waals surface area contributed by atoms with Gasteiger partial charge in [-0.25, -0.2) is 0 Å². The molecule has 0 unspecified atom stereocenters. The van der Waals surface area contributed by atoms with E-state index in [-0.39, 0.29) is 0 Å². The van der Waals surface area contributed by atoms with Crippen molar-refractivity contribution in [3.8, 4) is 0 Å². The molecule has 0 aliphatic carbocycles. The van der Waals surface area contributed by atoms with Crippen LogP contribution in [0.15, 0.2) is 0 Å². The fraction of sp³-hybridized carbons (Fsp3) is 0. The SMILES string of the molecule is [SH][Sb]([Cl])[Cl]. The van der Waals surface area contributed by atoms with Gasteiger partial charge < -0.3 is 0 Å². The number of halogens is 2. The maximum atomic E-state index is 5.09. The van der Waals surface area contributed by atoms with Gasteiger partial charge in [0.1, 0.15) is 0 Å². The van der Waals surface area contributed by atoms with E-state index in [1.54, 1.807) is 0 Å². The Morgan fingerprint density at radius 3 is 1.50 bits per heavy atom. The molecular weight excluding hydrogens is 225 g/mol. The van der Waals surface area contributed by atoms with Gasteiger partial charge in [-0.05, 0) is 0 Å². The van der Waals surface area contributed by atoms with Crippen molar-refractivity contribution >= 4 is 43.9 Å². The summed E-state index contributed by atoms with van der Waals surface area (Å²) in [7, 11) is 13.9. The van der Waals surface area contributed by atoms with E-state index in [2.05, 4.69) is 9.72 Å². The van der Waals surface area contributed by atoms with Gasteiger partial charge in [0, 0.05) is 0 Å². The summed E-state index contributed by atoms with van der Waals surface area (Å²) in [6, 6.07) is 0. The molecule has 0 saturated carbocycles. The number of hydrogen-bond donors (Lipinski definition) is 1. The predicted octanol–water partition coefficient (Wildman–Crippen LogP) is 1.38. The van der Waals surface area contributed by atoms with Crippen LogP contribution in [0.4, 0.5) is 0 Å². The number of rotatable bonds is 0. The van der Waals surface area contributed by atoms with Crippen LogP contribution in [0.5, 0.6) is 0 Å². The van der Waals surface area contributed by atoms with E-state index in [1.165, 1.54) is 0 Å². The topological polar surface area (TPSA) is 0 Å². The van der Waals surface area contributed by atoms with Crippen LogP contribution in [0.1, 0.15) is 0 Å². The van der Waals surface area contributed by atoms with Crippen molar-refractivity contribution in [2.24, 2.45) is 0 Å². The first-order chi connectivity index (χ1) is 1.73. The minimum atomic E-state index is -1.81. The van der Waals surface area contributed by atoms with Crippen LogP contribution in [0.3, 0.4) is 0 Å². The molecule has 0 amide bonds. The van der Waals surface area contributed by atoms with Gasteiger partial charge in [-0.2, -0.15) is 0 Å². The fourth-order valence-electron chi connectivity index (χ4n) is 0. The Labute approximate surface area is 43.6 Å². The Bertz CT molecular complexity index is 10.8. The van der Waals surface area contributed by atoms with E-state index in [9.17, 15) is 0 Å². The molecule has 0 aliphatic heterocycles. The zero-order chi connectivity index (χ0) is 3.58. The fourth-order valence-corrected chi connectivity index (χ4v) is 0. The van der Waals surface area contributed by atoms with Crippen LogP contribution < -0.4 is 0 Å². The molecule has 0 aliphatic rings. The summed E-state index contributed by atoms with van der Waals surface area (Å²) in [5, 5.41) is 0. The van der Waals surface area contributed by atoms with Crippen molar-refractivity contribution in [2.45, 2.75) is 0 Å². The molecule has 0 atom stereocenters. The summed E-state index contributed by atoms with van der Waals surface area (Å²) >= 11 is -1.81. The third-order valence-corrected chi connectivity index (χ3v) is 0. The monoisotopic (exact) mass is 224 g/mol. The van der Waals surface area contributed by atoms with Crippen LogP contribution in [-0.2, 0) is 0 Å². The second kappa shape index (κ2) is 2.96. The maximum absolute atomic E-state index is 5.09. The Morgan fingerprint density at radius 2 is 1.50 bits per heavy atom. The van der Waals surface area contributed by atoms with Crippen LogP contribution in [0, 0.1) is 0 Å². The molecule has 0 aromatic heterocycles. The van der Waals surface area contributed by atoms with Gasteiger partial charge in [0.25, 0.3) is 0 Å². The quantitative estimate of drug-likeness (QED) is 0.468. The van der Waals surface area contributed by atoms with Gasteiger partial charge in [-0.1, -0.05) is 0 Å². The van der Waals surface area contributed by atoms with E-state index in [4.69, 9.17) is 17.7 Å². The van der Waals surface area contributed by atoms with Gasteiger partial charge in [-0.15, -0.1) is 0 Å². The number of hydrogen-bond acceptors (Lipinski definition) is 1. The Balaban J connectivity index is 2.32. The van der Waals surface area contributed by atoms with Crippen LogP contribution in [-0.4, -0.2) is 16.5 Å². The summed E-state index contributed by atoms with van der Waals surface area (Å²) in [6.45, 7) is 0. The van der Waals surface area contributed by atoms with Gasteiger partial charge in [0.05, 0.1) is 0 Å². The summed E-state index contributed by atoms with van der Waals surface area (Å²) < 4.78 is 0. The Hall–Kier alpha value is 1.75. The summed E-state index contributed by atoms with van der Waals surface area (Å²) in [4.78, 5) is 0. The van der Waals surface area contributed by atoms with Gasteiger partial charge in [0.15, 0.2) is 0 Å². The molecule has 0 N–H and O–H groups in total. The number of thiol groups is 1. The summed E-state index contributed by atoms with van der Waals surface area (Å²) in [5.41, 5.74) is 0. The third-order valence-electron chi connectivity index (χ3n) is 0. The first kappa shape index (κ1) is 5.75. The van der Waals surface area contributed by atoms with Crippen LogP contribution in [0.25, 0.3) is 0 Å². The van der Waals surface area contributed by atoms with Crippen molar-refractivity contribution in [2.75, 3.05) is 0 Å². The standard InChI is InChI=1S/2ClH.H2S.Sb/h2*1H;1H2;/q;;;+3/p-3. The van der Waals surface area contributed by atoms with Gasteiger partial charge >= 0.3 is 43.9 Å². The average molecular weight is 226 g/mol. The molecule has 0 aromatic carbocycles. The minimum absolute atomic E-state index is 1.81. The molecular formula is HCl2SSb. The molecule has 0 heterocycles. The normalized spacial score (nSPS) is 9.00. The molecule has 0 aromatic rings. The Kier molecular flexibility index (Phi) is 4.25. The molecule has 4 heteroatoms. The van der Waals surface area contributed by atoms with Crippen molar-refractivity contribution in [1.82, 2.24) is 0 Å². The second-order valence-corrected chi connectivity index (χ2v) is 13.0. The molecule has 0 saturated heterocycles. The van der Waals surface area contributed by atoms with E-state index < -0.39 is 16.5 Å². The summed E-state index contributed by atoms with van der Waals surface area (Å²) in [6.07, 6.45) is 0. The second-order valence-electron chi connectivity index (χ2n) is 0.215. The molecule has 26 valence electrons. The molecule has 0 radical (unpaired) electrons. The van der Waals surface area contributed by atoms with Gasteiger partial charge in [-0.3, -0.25) is 0 Å². The first-order valence-electron chi connectivity index (χ1n) is 0.538. The van der Waals surface area contributed by atoms with Gasteiger partial charge in [0.2, 0.25) is 0 Å². The average Bonchev–Trinajstić information content (AvgIpc) is 0.811. The summed E-state index contributed by atoms with van der Waals surface area (Å²) in [5.74, 6) is 0. The van der Waals surface area contributed by atoms with Crippen molar-refractivity contribution in [3.63, 3.8) is 0 Å². The molecule has 0 nitrogen and oxygen atoms in total. The zero-order valence-electron chi connectivity index (χ0n) is 1.65. The molecule has 4 heavy (non-hydrogen) atoms. The molecule has 0 spiro atoms. The van der Waals surface area contributed by atoms with E-state index in [0.29, 0.717) is 0 Å². The van der Waals surface area contributed by atoms with E-state index >= 15 is 0 Å². The van der Waals surface area contributed by atoms with Crippen LogP contribution in [0.2, 0.25) is 0 Å². The van der Waals surface area contributed by atoms with Crippen molar-refractivity contribution < 1.29 is 0 Å². The van der Waals surface area contributed by atoms with E-state index in [0.717, 1.165) is 0 Å². The van der Waals surface area contributed by atoms with E-state index in [1.807, 2.05) is 0 Å². The molecule has 0 fully saturated rings. The zero-order valence-corrected chi connectivity index (χ0v) is 6.61. The van der Waals surface area contributed by atoms with Crippen molar-refractivity contribution in [1.29, 1.82) is 0 Å². The first-order valence-corrected chi connectivity index (χ1v) is 10.8. The van der Waals surface area contributed by atoms with Crippen molar-refractivity contribution in [3.05, 3.63) is 0 Å². The third kappa shape index (κ3) is 9.26. The molecule has 0 rings (SSSR count). The predicted molar refractivity (Wildman–Crippen MR) is 26.4 cm³/mol. The van der Waals surface area contributed by atoms with Crippen LogP contribution >= 0.6 is 27.4 Å². The molecule has 0 bridgehead atoms. The Morgan fingerprint density at radius 1 is 1.50 bits per heavy atom.